The summed E-state index contributed by atoms with van der Waals surface area (Å²) in [5, 5.41) is 1.25. The van der Waals surface area contributed by atoms with Crippen LogP contribution in [-0.4, -0.2) is 15.0 Å². The molecule has 2 N–H and O–H groups in total. The summed E-state index contributed by atoms with van der Waals surface area (Å²) in [5.41, 5.74) is 11.4. The second-order valence-electron chi connectivity index (χ2n) is 7.63. The molecular formula is C26H22N4S. The first-order valence-electron chi connectivity index (χ1n) is 10.3. The van der Waals surface area contributed by atoms with Crippen molar-refractivity contribution in [2.75, 3.05) is 0 Å². The van der Waals surface area contributed by atoms with Gasteiger partial charge in [0, 0.05) is 33.1 Å². The number of hydrogen-bond acceptors (Lipinski definition) is 5. The molecule has 2 aromatic carbocycles. The third kappa shape index (κ3) is 4.24. The largest absolute Gasteiger partial charge is 0.322 e. The fraction of sp³-hybridized carbons (Fsp3) is 0.115. The van der Waals surface area contributed by atoms with Crippen molar-refractivity contribution in [2.45, 2.75) is 19.4 Å². The van der Waals surface area contributed by atoms with Gasteiger partial charge in [0.25, 0.3) is 0 Å². The van der Waals surface area contributed by atoms with Crippen molar-refractivity contribution in [2.24, 2.45) is 5.73 Å². The highest BCUT2D eigenvalue weighted by Crippen LogP contribution is 2.34. The van der Waals surface area contributed by atoms with Gasteiger partial charge in [0.05, 0.1) is 17.4 Å². The van der Waals surface area contributed by atoms with Gasteiger partial charge in [-0.3, -0.25) is 4.98 Å². The summed E-state index contributed by atoms with van der Waals surface area (Å²) in [4.78, 5) is 15.0. The third-order valence-corrected chi connectivity index (χ3v) is 6.45. The number of aromatic nitrogens is 3. The van der Waals surface area contributed by atoms with Crippen LogP contribution in [0.25, 0.3) is 31.8 Å². The Morgan fingerprint density at radius 1 is 0.871 bits per heavy atom. The number of hydrogen-bond donors (Lipinski definition) is 1. The molecule has 0 aliphatic rings. The van der Waals surface area contributed by atoms with E-state index in [-0.39, 0.29) is 6.04 Å². The molecule has 3 aromatic heterocycles. The maximum absolute atomic E-state index is 6.50. The van der Waals surface area contributed by atoms with E-state index in [0.29, 0.717) is 5.82 Å². The molecule has 0 saturated heterocycles. The van der Waals surface area contributed by atoms with Crippen molar-refractivity contribution >= 4 is 21.4 Å². The molecular weight excluding hydrogens is 400 g/mol. The van der Waals surface area contributed by atoms with Crippen molar-refractivity contribution in [3.05, 3.63) is 102 Å². The van der Waals surface area contributed by atoms with Crippen LogP contribution in [0.2, 0.25) is 0 Å². The predicted octanol–water partition coefficient (Wildman–Crippen LogP) is 5.97. The normalized spacial score (nSPS) is 12.2. The minimum atomic E-state index is -0.193. The number of pyridine rings is 1. The number of fused-ring (bicyclic) bond motifs is 1. The van der Waals surface area contributed by atoms with Gasteiger partial charge in [-0.1, -0.05) is 48.5 Å². The van der Waals surface area contributed by atoms with E-state index in [4.69, 9.17) is 5.73 Å². The highest BCUT2D eigenvalue weighted by Gasteiger charge is 2.13. The molecule has 5 rings (SSSR count). The zero-order valence-electron chi connectivity index (χ0n) is 17.2. The minimum Gasteiger partial charge on any atom is -0.322 e. The Hall–Kier alpha value is -3.41. The summed E-state index contributed by atoms with van der Waals surface area (Å²) < 4.78 is 1.27. The Morgan fingerprint density at radius 2 is 1.65 bits per heavy atom. The van der Waals surface area contributed by atoms with Gasteiger partial charge in [0.15, 0.2) is 0 Å². The van der Waals surface area contributed by atoms with Gasteiger partial charge in [-0.05, 0) is 48.6 Å². The topological polar surface area (TPSA) is 64.7 Å². The van der Waals surface area contributed by atoms with Crippen molar-refractivity contribution < 1.29 is 0 Å². The lowest BCUT2D eigenvalue weighted by Gasteiger charge is -2.13. The Labute approximate surface area is 185 Å². The first-order valence-corrected chi connectivity index (χ1v) is 11.1. The molecule has 31 heavy (non-hydrogen) atoms. The molecule has 0 amide bonds. The van der Waals surface area contributed by atoms with Crippen LogP contribution in [-0.2, 0) is 6.42 Å². The number of nitrogens with zero attached hydrogens (tertiary/aromatic N) is 3. The number of aryl methyl sites for hydroxylation is 1. The van der Waals surface area contributed by atoms with Crippen LogP contribution < -0.4 is 5.73 Å². The molecule has 0 bridgehead atoms. The average Bonchev–Trinajstić information content (AvgIpc) is 3.24. The molecule has 4 nitrogen and oxygen atoms in total. The van der Waals surface area contributed by atoms with Crippen molar-refractivity contribution in [3.8, 4) is 21.7 Å². The summed E-state index contributed by atoms with van der Waals surface area (Å²) >= 11 is 1.77. The van der Waals surface area contributed by atoms with Gasteiger partial charge in [-0.25, -0.2) is 9.97 Å². The molecule has 1 atom stereocenters. The molecule has 5 aromatic rings. The molecule has 0 radical (unpaired) electrons. The van der Waals surface area contributed by atoms with Crippen molar-refractivity contribution in [3.63, 3.8) is 0 Å². The number of benzene rings is 2. The van der Waals surface area contributed by atoms with Gasteiger partial charge in [0.1, 0.15) is 5.82 Å². The maximum Gasteiger partial charge on any atom is 0.126 e. The van der Waals surface area contributed by atoms with Gasteiger partial charge >= 0.3 is 0 Å². The Morgan fingerprint density at radius 3 is 2.48 bits per heavy atom. The lowest BCUT2D eigenvalue weighted by Crippen LogP contribution is -2.16. The first kappa shape index (κ1) is 19.5. The molecule has 0 fully saturated rings. The van der Waals surface area contributed by atoms with Gasteiger partial charge in [0.2, 0.25) is 0 Å². The van der Waals surface area contributed by atoms with E-state index in [1.54, 1.807) is 11.3 Å². The van der Waals surface area contributed by atoms with E-state index >= 15 is 0 Å². The minimum absolute atomic E-state index is 0.193. The highest BCUT2D eigenvalue weighted by molar-refractivity contribution is 7.22. The van der Waals surface area contributed by atoms with Crippen LogP contribution in [0.5, 0.6) is 0 Å². The summed E-state index contributed by atoms with van der Waals surface area (Å²) in [6.45, 7) is 1.91. The summed E-state index contributed by atoms with van der Waals surface area (Å²) in [5.74, 6) is 0.711. The average molecular weight is 423 g/mol. The summed E-state index contributed by atoms with van der Waals surface area (Å²) in [6.07, 6.45) is 4.49. The van der Waals surface area contributed by atoms with Crippen LogP contribution in [0, 0.1) is 6.92 Å². The smallest absolute Gasteiger partial charge is 0.126 e. The fourth-order valence-electron chi connectivity index (χ4n) is 3.74. The van der Waals surface area contributed by atoms with Crippen LogP contribution in [0.1, 0.15) is 23.1 Å². The third-order valence-electron chi connectivity index (χ3n) is 5.28. The quantitative estimate of drug-likeness (QED) is 0.379. The molecule has 0 spiro atoms. The second-order valence-corrected chi connectivity index (χ2v) is 8.72. The van der Waals surface area contributed by atoms with Crippen LogP contribution in [0.15, 0.2) is 85.2 Å². The molecule has 3 heterocycles. The Balaban J connectivity index is 1.48. The lowest BCUT2D eigenvalue weighted by atomic mass is 10.0. The van der Waals surface area contributed by atoms with Gasteiger partial charge in [-0.2, -0.15) is 0 Å². The SMILES string of the molecule is Cc1nc(-c2cncc(-c3cc4ccccc4s3)c2)cc(C(N)Cc2ccccc2)n1. The van der Waals surface area contributed by atoms with Crippen LogP contribution in [0.4, 0.5) is 0 Å². The molecule has 5 heteroatoms. The van der Waals surface area contributed by atoms with E-state index < -0.39 is 0 Å². The molecule has 0 saturated carbocycles. The standard InChI is InChI=1S/C26H22N4S/c1-17-29-23(14-24(30-17)22(27)11-18-7-3-2-4-8-18)20-12-21(16-28-15-20)26-13-19-9-5-6-10-25(19)31-26/h2-10,12-16,22H,11,27H2,1H3. The number of nitrogens with two attached hydrogens (primary N) is 1. The van der Waals surface area contributed by atoms with Gasteiger partial charge in [-0.15, -0.1) is 11.3 Å². The van der Waals surface area contributed by atoms with Gasteiger partial charge < -0.3 is 5.73 Å². The van der Waals surface area contributed by atoms with E-state index in [9.17, 15) is 0 Å². The second kappa shape index (κ2) is 8.38. The van der Waals surface area contributed by atoms with E-state index in [0.717, 1.165) is 28.9 Å². The monoisotopic (exact) mass is 422 g/mol. The molecule has 0 aliphatic heterocycles. The van der Waals surface area contributed by atoms with Crippen LogP contribution >= 0.6 is 11.3 Å². The highest BCUT2D eigenvalue weighted by atomic mass is 32.1. The first-order chi connectivity index (χ1) is 15.2. The van der Waals surface area contributed by atoms with Crippen molar-refractivity contribution in [1.29, 1.82) is 0 Å². The Bertz CT molecular complexity index is 1310. The maximum atomic E-state index is 6.50. The fourth-order valence-corrected chi connectivity index (χ4v) is 4.78. The Kier molecular flexibility index (Phi) is 5.28. The van der Waals surface area contributed by atoms with E-state index in [2.05, 4.69) is 63.5 Å². The zero-order valence-corrected chi connectivity index (χ0v) is 18.0. The summed E-state index contributed by atoms with van der Waals surface area (Å²) in [7, 11) is 0. The number of thiophene rings is 1. The van der Waals surface area contributed by atoms with Crippen LogP contribution in [0.3, 0.4) is 0 Å². The van der Waals surface area contributed by atoms with E-state index in [1.165, 1.54) is 20.5 Å². The molecule has 0 aliphatic carbocycles. The predicted molar refractivity (Wildman–Crippen MR) is 128 cm³/mol. The summed E-state index contributed by atoms with van der Waals surface area (Å²) in [6, 6.07) is 24.8. The zero-order chi connectivity index (χ0) is 21.2. The lowest BCUT2D eigenvalue weighted by molar-refractivity contribution is 0.689. The molecule has 1 unspecified atom stereocenters. The van der Waals surface area contributed by atoms with E-state index in [1.807, 2.05) is 43.6 Å². The van der Waals surface area contributed by atoms with Crippen molar-refractivity contribution in [1.82, 2.24) is 15.0 Å². The number of rotatable bonds is 5. The molecule has 152 valence electrons.